The normalized spacial score (nSPS) is 25.5. The van der Waals surface area contributed by atoms with Crippen molar-refractivity contribution in [2.45, 2.75) is 38.0 Å². The molecular weight excluding hydrogens is 462 g/mol. The van der Waals surface area contributed by atoms with Gasteiger partial charge in [0.1, 0.15) is 23.9 Å². The Kier molecular flexibility index (Phi) is 5.77. The van der Waals surface area contributed by atoms with Crippen molar-refractivity contribution >= 4 is 45.6 Å². The van der Waals surface area contributed by atoms with Crippen LogP contribution in [0.2, 0.25) is 0 Å². The summed E-state index contributed by atoms with van der Waals surface area (Å²) in [6, 6.07) is 0. The molecular formula is C15H18FIN4O5. The Labute approximate surface area is 161 Å². The topological polar surface area (TPSA) is 122 Å². The number of rotatable bonds is 5. The van der Waals surface area contributed by atoms with Crippen molar-refractivity contribution in [2.24, 2.45) is 0 Å². The number of nitrogens with zero attached hydrogens (tertiary/aromatic N) is 3. The summed E-state index contributed by atoms with van der Waals surface area (Å²) in [5.41, 5.74) is 6.26. The lowest BCUT2D eigenvalue weighted by Crippen LogP contribution is -2.36. The molecule has 3 rings (SSSR count). The Balaban J connectivity index is 1.88. The molecule has 1 fully saturated rings. The molecule has 11 heteroatoms. The smallest absolute Gasteiger partial charge is 0.434 e. The third-order valence-corrected chi connectivity index (χ3v) is 4.79. The van der Waals surface area contributed by atoms with Crippen LogP contribution in [0.1, 0.15) is 19.6 Å². The molecule has 9 nitrogen and oxygen atoms in total. The van der Waals surface area contributed by atoms with Gasteiger partial charge in [0.15, 0.2) is 18.5 Å². The van der Waals surface area contributed by atoms with Crippen LogP contribution in [-0.2, 0) is 14.2 Å². The fraction of sp³-hybridized carbons (Fsp3) is 0.533. The van der Waals surface area contributed by atoms with E-state index in [4.69, 9.17) is 19.9 Å². The number of fused-ring (bicyclic) bond motifs is 1. The van der Waals surface area contributed by atoms with Crippen LogP contribution in [0, 0.1) is 3.57 Å². The van der Waals surface area contributed by atoms with Crippen LogP contribution in [0.15, 0.2) is 12.5 Å². The van der Waals surface area contributed by atoms with Crippen molar-refractivity contribution in [3.8, 4) is 0 Å². The molecule has 0 saturated carbocycles. The molecule has 3 heterocycles. The predicted octanol–water partition coefficient (Wildman–Crippen LogP) is 1.78. The summed E-state index contributed by atoms with van der Waals surface area (Å²) >= 11 is 2.04. The second-order valence-corrected chi connectivity index (χ2v) is 6.88. The maximum Gasteiger partial charge on any atom is 0.508 e. The molecule has 0 spiro atoms. The molecule has 0 bridgehead atoms. The van der Waals surface area contributed by atoms with Crippen LogP contribution in [0.4, 0.5) is 15.0 Å². The van der Waals surface area contributed by atoms with E-state index in [9.17, 15) is 9.90 Å². The molecule has 0 aliphatic carbocycles. The number of alkyl halides is 1. The summed E-state index contributed by atoms with van der Waals surface area (Å²) in [6.45, 7) is 1.46. The number of aliphatic hydroxyl groups is 1. The van der Waals surface area contributed by atoms with Crippen molar-refractivity contribution < 1.29 is 28.5 Å². The van der Waals surface area contributed by atoms with Crippen LogP contribution < -0.4 is 5.73 Å². The van der Waals surface area contributed by atoms with E-state index in [0.717, 1.165) is 3.57 Å². The van der Waals surface area contributed by atoms with Gasteiger partial charge < -0.3 is 29.6 Å². The number of anilines is 1. The number of carbonyl (C=O) groups excluding carboxylic acids is 1. The summed E-state index contributed by atoms with van der Waals surface area (Å²) in [4.78, 5) is 19.7. The first-order valence-electron chi connectivity index (χ1n) is 7.98. The number of ether oxygens (including phenoxy) is 3. The Morgan fingerprint density at radius 3 is 3.00 bits per heavy atom. The highest BCUT2D eigenvalue weighted by atomic mass is 127. The first-order chi connectivity index (χ1) is 12.5. The van der Waals surface area contributed by atoms with Crippen molar-refractivity contribution in [3.05, 3.63) is 16.1 Å². The molecule has 0 aromatic carbocycles. The fourth-order valence-corrected chi connectivity index (χ4v) is 3.61. The SMILES string of the molecule is CCCOC(=O)O[C@H]1[C@H](F)[C@H](n2cc(I)c3c(N)ncnc32)O[C@@H]1CO. The minimum atomic E-state index is -1.73. The lowest BCUT2D eigenvalue weighted by atomic mass is 10.1. The molecule has 1 saturated heterocycles. The number of aliphatic hydroxyl groups excluding tert-OH is 1. The minimum Gasteiger partial charge on any atom is -0.434 e. The van der Waals surface area contributed by atoms with Gasteiger partial charge in [0, 0.05) is 9.77 Å². The molecule has 0 radical (unpaired) electrons. The van der Waals surface area contributed by atoms with E-state index in [1.54, 1.807) is 6.20 Å². The number of aromatic nitrogens is 3. The first-order valence-corrected chi connectivity index (χ1v) is 9.06. The molecule has 0 amide bonds. The molecule has 2 aromatic heterocycles. The molecule has 142 valence electrons. The van der Waals surface area contributed by atoms with Gasteiger partial charge in [0.05, 0.1) is 18.6 Å². The van der Waals surface area contributed by atoms with Gasteiger partial charge in [-0.15, -0.1) is 0 Å². The summed E-state index contributed by atoms with van der Waals surface area (Å²) in [5.74, 6) is 0.265. The highest BCUT2D eigenvalue weighted by Crippen LogP contribution is 2.37. The van der Waals surface area contributed by atoms with Crippen molar-refractivity contribution in [1.82, 2.24) is 14.5 Å². The minimum absolute atomic E-state index is 0.160. The quantitative estimate of drug-likeness (QED) is 0.491. The fourth-order valence-electron chi connectivity index (χ4n) is 2.79. The van der Waals surface area contributed by atoms with Gasteiger partial charge in [-0.3, -0.25) is 0 Å². The zero-order chi connectivity index (χ0) is 18.8. The van der Waals surface area contributed by atoms with E-state index in [1.165, 1.54) is 10.9 Å². The van der Waals surface area contributed by atoms with Crippen molar-refractivity contribution in [3.63, 3.8) is 0 Å². The molecule has 1 aliphatic heterocycles. The Morgan fingerprint density at radius 2 is 2.31 bits per heavy atom. The zero-order valence-electron chi connectivity index (χ0n) is 13.8. The first kappa shape index (κ1) is 19.0. The molecule has 1 aliphatic rings. The predicted molar refractivity (Wildman–Crippen MR) is 97.1 cm³/mol. The average molecular weight is 480 g/mol. The highest BCUT2D eigenvalue weighted by molar-refractivity contribution is 14.1. The van der Waals surface area contributed by atoms with E-state index in [0.29, 0.717) is 17.5 Å². The van der Waals surface area contributed by atoms with Gasteiger partial charge in [-0.2, -0.15) is 0 Å². The third kappa shape index (κ3) is 3.42. The average Bonchev–Trinajstić information content (AvgIpc) is 3.11. The monoisotopic (exact) mass is 480 g/mol. The van der Waals surface area contributed by atoms with Crippen molar-refractivity contribution in [2.75, 3.05) is 18.9 Å². The second kappa shape index (κ2) is 7.88. The van der Waals surface area contributed by atoms with Crippen LogP contribution in [0.5, 0.6) is 0 Å². The second-order valence-electron chi connectivity index (χ2n) is 5.71. The third-order valence-electron chi connectivity index (χ3n) is 3.97. The van der Waals surface area contributed by atoms with E-state index >= 15 is 4.39 Å². The van der Waals surface area contributed by atoms with E-state index < -0.39 is 37.4 Å². The molecule has 26 heavy (non-hydrogen) atoms. The van der Waals surface area contributed by atoms with Crippen molar-refractivity contribution in [1.29, 1.82) is 0 Å². The maximum absolute atomic E-state index is 15.0. The molecule has 2 aromatic rings. The van der Waals surface area contributed by atoms with Gasteiger partial charge in [-0.1, -0.05) is 6.92 Å². The standard InChI is InChI=1S/C15H18FIN4O5/c1-2-3-24-15(23)26-11-8(5-22)25-14(10(11)16)21-4-7(17)9-12(18)19-6-20-13(9)21/h4,6,8,10-11,14,22H,2-3,5H2,1H3,(H2,18,19,20)/t8-,10+,11-,14-/m1/s1. The van der Waals surface area contributed by atoms with E-state index in [-0.39, 0.29) is 12.4 Å². The van der Waals surface area contributed by atoms with Crippen LogP contribution in [0.3, 0.4) is 0 Å². The van der Waals surface area contributed by atoms with Crippen LogP contribution in [0.25, 0.3) is 11.0 Å². The molecule has 4 atom stereocenters. The van der Waals surface area contributed by atoms with Gasteiger partial charge in [0.2, 0.25) is 0 Å². The zero-order valence-corrected chi connectivity index (χ0v) is 16.0. The number of carbonyl (C=O) groups is 1. The van der Waals surface area contributed by atoms with Gasteiger partial charge in [0.25, 0.3) is 0 Å². The highest BCUT2D eigenvalue weighted by Gasteiger charge is 2.49. The van der Waals surface area contributed by atoms with Gasteiger partial charge in [-0.05, 0) is 29.0 Å². The number of nitrogen functional groups attached to an aromatic ring is 1. The van der Waals surface area contributed by atoms with Gasteiger partial charge in [-0.25, -0.2) is 19.2 Å². The molecule has 0 unspecified atom stereocenters. The Bertz CT molecular complexity index is 804. The lowest BCUT2D eigenvalue weighted by Gasteiger charge is -2.18. The van der Waals surface area contributed by atoms with Gasteiger partial charge >= 0.3 is 6.16 Å². The number of nitrogens with two attached hydrogens (primary N) is 1. The summed E-state index contributed by atoms with van der Waals surface area (Å²) in [7, 11) is 0. The lowest BCUT2D eigenvalue weighted by molar-refractivity contribution is -0.0556. The van der Waals surface area contributed by atoms with Crippen LogP contribution in [-0.4, -0.2) is 57.4 Å². The van der Waals surface area contributed by atoms with E-state index in [2.05, 4.69) is 9.97 Å². The summed E-state index contributed by atoms with van der Waals surface area (Å²) in [5, 5.41) is 10.1. The number of hydrogen-bond acceptors (Lipinski definition) is 8. The Morgan fingerprint density at radius 1 is 1.54 bits per heavy atom. The maximum atomic E-state index is 15.0. The Hall–Kier alpha value is -1.73. The summed E-state index contributed by atoms with van der Waals surface area (Å²) < 4.78 is 32.6. The number of halogens is 2. The largest absolute Gasteiger partial charge is 0.508 e. The summed E-state index contributed by atoms with van der Waals surface area (Å²) in [6.07, 6.45) is -2.70. The number of hydrogen-bond donors (Lipinski definition) is 2. The van der Waals surface area contributed by atoms with Crippen LogP contribution >= 0.6 is 22.6 Å². The molecule has 3 N–H and O–H groups in total. The van der Waals surface area contributed by atoms with E-state index in [1.807, 2.05) is 29.5 Å².